The molecule has 0 spiro atoms. The number of ether oxygens (including phenoxy) is 1. The highest BCUT2D eigenvalue weighted by Crippen LogP contribution is 2.67. The molecule has 0 bridgehead atoms. The van der Waals surface area contributed by atoms with Gasteiger partial charge in [-0.05, 0) is 149 Å². The molecule has 58 heavy (non-hydrogen) atoms. The maximum Gasteiger partial charge on any atom is 0.333 e. The summed E-state index contributed by atoms with van der Waals surface area (Å²) in [6.07, 6.45) is 43.8. The van der Waals surface area contributed by atoms with Gasteiger partial charge in [-0.3, -0.25) is 0 Å². The first-order chi connectivity index (χ1) is 27.9. The summed E-state index contributed by atoms with van der Waals surface area (Å²) in [4.78, 5) is 0. The summed E-state index contributed by atoms with van der Waals surface area (Å²) >= 11 is 3.58. The zero-order chi connectivity index (χ0) is 42.0. The molecule has 0 N–H and O–H groups in total. The number of alkyl halides is 1. The van der Waals surface area contributed by atoms with Gasteiger partial charge in [0, 0.05) is 11.9 Å². The fraction of sp³-hybridized carbons (Fsp3) is 0.925. The first-order valence-corrected chi connectivity index (χ1v) is 29.7. The summed E-state index contributed by atoms with van der Waals surface area (Å²) in [6, 6.07) is 0. The Hall–Kier alpha value is 0.0569. The molecule has 0 aromatic heterocycles. The van der Waals surface area contributed by atoms with Crippen LogP contribution in [0.15, 0.2) is 23.8 Å². The average molecular weight is 890 g/mol. The maximum atomic E-state index is 7.09. The smallest absolute Gasteiger partial charge is 0.333 e. The van der Waals surface area contributed by atoms with Crippen LogP contribution in [0.25, 0.3) is 0 Å². The van der Waals surface area contributed by atoms with Crippen molar-refractivity contribution in [3.63, 3.8) is 0 Å². The van der Waals surface area contributed by atoms with Gasteiger partial charge in [-0.1, -0.05) is 178 Å². The zero-order valence-electron chi connectivity index (χ0n) is 40.0. The third kappa shape index (κ3) is 15.1. The lowest BCUT2D eigenvalue weighted by Crippen LogP contribution is -2.51. The van der Waals surface area contributed by atoms with E-state index in [1.165, 1.54) is 154 Å². The first-order valence-electron chi connectivity index (χ1n) is 25.8. The predicted octanol–water partition coefficient (Wildman–Crippen LogP) is 17.3. The summed E-state index contributed by atoms with van der Waals surface area (Å²) in [5.41, 5.74) is 2.57. The van der Waals surface area contributed by atoms with Crippen LogP contribution in [0.2, 0.25) is 13.1 Å². The van der Waals surface area contributed by atoms with Crippen LogP contribution in [0.5, 0.6) is 0 Å². The van der Waals surface area contributed by atoms with Crippen LogP contribution in [-0.2, 0) is 13.6 Å². The second-order valence-electron chi connectivity index (χ2n) is 21.5. The molecule has 4 rings (SSSR count). The Morgan fingerprint density at radius 1 is 0.759 bits per heavy atom. The molecular weight excluding hydrogens is 793 g/mol. The number of hydrogen-bond donors (Lipinski definition) is 0. The molecule has 0 heterocycles. The van der Waals surface area contributed by atoms with E-state index < -0.39 is 8.56 Å². The number of halogens is 1. The number of fused-ring (bicyclic) bond motifs is 5. The van der Waals surface area contributed by atoms with Crippen molar-refractivity contribution < 1.29 is 13.6 Å². The van der Waals surface area contributed by atoms with E-state index in [2.05, 4.69) is 95.7 Å². The van der Waals surface area contributed by atoms with Crippen molar-refractivity contribution in [2.45, 2.75) is 247 Å². The van der Waals surface area contributed by atoms with Gasteiger partial charge in [0.25, 0.3) is 0 Å². The fourth-order valence-corrected chi connectivity index (χ4v) is 14.8. The summed E-state index contributed by atoms with van der Waals surface area (Å²) < 4.78 is 20.5. The van der Waals surface area contributed by atoms with Gasteiger partial charge >= 0.3 is 8.56 Å². The molecule has 3 fully saturated rings. The highest BCUT2D eigenvalue weighted by atomic mass is 79.9. The van der Waals surface area contributed by atoms with Crippen molar-refractivity contribution >= 4 is 24.5 Å². The third-order valence-electron chi connectivity index (χ3n) is 16.5. The van der Waals surface area contributed by atoms with Crippen molar-refractivity contribution in [1.82, 2.24) is 0 Å². The highest BCUT2D eigenvalue weighted by molar-refractivity contribution is 9.09. The molecule has 0 saturated heterocycles. The Kier molecular flexibility index (Phi) is 22.7. The molecule has 4 aliphatic carbocycles. The van der Waals surface area contributed by atoms with Crippen LogP contribution in [0.4, 0.5) is 0 Å². The number of unbranched alkanes of at least 4 members (excludes halogenated alkanes) is 15. The average Bonchev–Trinajstić information content (AvgIpc) is 3.55. The van der Waals surface area contributed by atoms with Crippen molar-refractivity contribution in [2.75, 3.05) is 11.9 Å². The number of allylic oxidation sites excluding steroid dienone is 3. The first kappa shape index (κ1) is 50.7. The Labute approximate surface area is 371 Å². The van der Waals surface area contributed by atoms with E-state index in [0.717, 1.165) is 66.7 Å². The largest absolute Gasteiger partial charge is 0.394 e. The predicted molar refractivity (Wildman–Crippen MR) is 258 cm³/mol. The molecule has 3 saturated carbocycles. The number of rotatable bonds is 30. The fourth-order valence-electron chi connectivity index (χ4n) is 12.8. The molecule has 0 aliphatic heterocycles. The van der Waals surface area contributed by atoms with E-state index in [4.69, 9.17) is 13.6 Å². The Morgan fingerprint density at radius 2 is 1.40 bits per heavy atom. The standard InChI is InChI=1S/C53H97BrO3Si/c1-10-12-13-14-15-16-17-18-19-20-21-22-25-28-51(57-58(8,9)55-40-27-24-23-26-39-54)56-46-35-37-52(6)45(41-46)31-32-47-49-34-33-48(53(49,7)38-36-50(47)52)43(5)29-30-44(11-2)42(3)4/h29-31,42-44,46-51H,10-28,32-41H2,1-9H3/b30-29+. The Balaban J connectivity index is 1.31. The van der Waals surface area contributed by atoms with E-state index in [1.807, 2.05) is 0 Å². The van der Waals surface area contributed by atoms with Crippen molar-refractivity contribution in [3.05, 3.63) is 23.8 Å². The lowest BCUT2D eigenvalue weighted by atomic mass is 9.47. The maximum absolute atomic E-state index is 7.09. The minimum atomic E-state index is -2.30. The molecule has 3 nitrogen and oxygen atoms in total. The van der Waals surface area contributed by atoms with Crippen molar-refractivity contribution in [2.24, 2.45) is 52.3 Å². The molecular formula is C53H97BrO3Si. The van der Waals surface area contributed by atoms with Crippen molar-refractivity contribution in [3.8, 4) is 0 Å². The lowest BCUT2D eigenvalue weighted by molar-refractivity contribution is -0.150. The normalized spacial score (nSPS) is 30.3. The third-order valence-corrected chi connectivity index (χ3v) is 18.8. The second kappa shape index (κ2) is 26.0. The van der Waals surface area contributed by atoms with Gasteiger partial charge in [-0.2, -0.15) is 0 Å². The van der Waals surface area contributed by atoms with Gasteiger partial charge in [-0.15, -0.1) is 0 Å². The topological polar surface area (TPSA) is 27.7 Å². The summed E-state index contributed by atoms with van der Waals surface area (Å²) in [7, 11) is -2.30. The van der Waals surface area contributed by atoms with Crippen LogP contribution in [0.1, 0.15) is 222 Å². The van der Waals surface area contributed by atoms with E-state index in [1.54, 1.807) is 5.57 Å². The van der Waals surface area contributed by atoms with Gasteiger partial charge in [0.1, 0.15) is 6.29 Å². The molecule has 4 aliphatic rings. The van der Waals surface area contributed by atoms with Crippen LogP contribution in [0.3, 0.4) is 0 Å². The zero-order valence-corrected chi connectivity index (χ0v) is 42.6. The monoisotopic (exact) mass is 889 g/mol. The molecule has 338 valence electrons. The molecule has 0 radical (unpaired) electrons. The van der Waals surface area contributed by atoms with Crippen LogP contribution >= 0.6 is 15.9 Å². The lowest BCUT2D eigenvalue weighted by Gasteiger charge is -2.58. The van der Waals surface area contributed by atoms with E-state index in [9.17, 15) is 0 Å². The van der Waals surface area contributed by atoms with E-state index >= 15 is 0 Å². The van der Waals surface area contributed by atoms with Crippen LogP contribution < -0.4 is 0 Å². The van der Waals surface area contributed by atoms with Gasteiger partial charge in [0.2, 0.25) is 0 Å². The Morgan fingerprint density at radius 3 is 2.03 bits per heavy atom. The molecule has 0 amide bonds. The molecule has 0 aromatic carbocycles. The van der Waals surface area contributed by atoms with Gasteiger partial charge in [0.15, 0.2) is 0 Å². The highest BCUT2D eigenvalue weighted by Gasteiger charge is 2.59. The minimum absolute atomic E-state index is 0.135. The summed E-state index contributed by atoms with van der Waals surface area (Å²) in [5, 5.41) is 1.10. The Bertz CT molecular complexity index is 1180. The van der Waals surface area contributed by atoms with E-state index in [0.29, 0.717) is 16.7 Å². The number of hydrogen-bond acceptors (Lipinski definition) is 3. The summed E-state index contributed by atoms with van der Waals surface area (Å²) in [5.74, 6) is 5.57. The van der Waals surface area contributed by atoms with E-state index in [-0.39, 0.29) is 12.4 Å². The summed E-state index contributed by atoms with van der Waals surface area (Å²) in [6.45, 7) is 22.7. The molecule has 10 atom stereocenters. The molecule has 0 aromatic rings. The second-order valence-corrected chi connectivity index (χ2v) is 25.6. The van der Waals surface area contributed by atoms with Crippen LogP contribution in [-0.4, -0.2) is 32.9 Å². The SMILES string of the molecule is CCCCCCCCCCCCCCCC(OC1CCC2(C)C(=CCC3C2CCC2(C)C(C(C)/C=C/C(CC)C(C)C)CCC32)C1)O[Si](C)(C)OCCCCCCBr. The van der Waals surface area contributed by atoms with Gasteiger partial charge in [0.05, 0.1) is 6.10 Å². The quantitative estimate of drug-likeness (QED) is 0.0236. The van der Waals surface area contributed by atoms with Gasteiger partial charge in [-0.25, -0.2) is 0 Å². The molecule has 10 unspecified atom stereocenters. The minimum Gasteiger partial charge on any atom is -0.394 e. The van der Waals surface area contributed by atoms with Gasteiger partial charge < -0.3 is 13.6 Å². The molecule has 5 heteroatoms. The van der Waals surface area contributed by atoms with Crippen LogP contribution in [0, 0.1) is 52.3 Å². The van der Waals surface area contributed by atoms with Crippen molar-refractivity contribution in [1.29, 1.82) is 0 Å².